The largest absolute Gasteiger partial charge is 0.478 e. The summed E-state index contributed by atoms with van der Waals surface area (Å²) in [4.78, 5) is 10.5. The summed E-state index contributed by atoms with van der Waals surface area (Å²) in [5.41, 5.74) is 5.96. The Morgan fingerprint density at radius 3 is 2.67 bits per heavy atom. The average molecular weight is 166 g/mol. The predicted molar refractivity (Wildman–Crippen MR) is 42.2 cm³/mol. The Kier molecular flexibility index (Phi) is 2.30. The molecule has 0 bridgehead atoms. The Labute approximate surface area is 69.3 Å². The summed E-state index contributed by atoms with van der Waals surface area (Å²) in [6.45, 7) is -0.540. The average Bonchev–Trinajstić information content (AvgIpc) is 2.04. The molecule has 0 amide bonds. The Morgan fingerprint density at radius 2 is 2.17 bits per heavy atom. The van der Waals surface area contributed by atoms with Crippen molar-refractivity contribution in [2.24, 2.45) is 0 Å². The molecule has 0 aliphatic carbocycles. The van der Waals surface area contributed by atoms with Gasteiger partial charge in [0.15, 0.2) is 0 Å². The lowest BCUT2D eigenvalue weighted by atomic mass is 10.1. The molecule has 1 radical (unpaired) electrons. The van der Waals surface area contributed by atoms with Crippen molar-refractivity contribution in [1.82, 2.24) is 0 Å². The maximum absolute atomic E-state index is 10.5. The Morgan fingerprint density at radius 1 is 1.50 bits per heavy atom. The van der Waals surface area contributed by atoms with Gasteiger partial charge >= 0.3 is 5.97 Å². The maximum atomic E-state index is 10.5. The molecule has 63 valence electrons. The highest BCUT2D eigenvalue weighted by Gasteiger charge is 2.09. The van der Waals surface area contributed by atoms with Crippen molar-refractivity contribution < 1.29 is 15.0 Å². The van der Waals surface area contributed by atoms with Gasteiger partial charge in [-0.3, -0.25) is 0 Å². The number of hydrogen-bond donors (Lipinski definition) is 2. The van der Waals surface area contributed by atoms with E-state index in [-0.39, 0.29) is 11.1 Å². The molecule has 1 rings (SSSR count). The molecule has 0 heterocycles. The number of benzene rings is 1. The van der Waals surface area contributed by atoms with Gasteiger partial charge in [0, 0.05) is 5.69 Å². The van der Waals surface area contributed by atoms with E-state index >= 15 is 0 Å². The molecule has 0 atom stereocenters. The Balaban J connectivity index is 3.21. The number of rotatable bonds is 2. The smallest absolute Gasteiger partial charge is 0.336 e. The molecule has 1 aromatic rings. The summed E-state index contributed by atoms with van der Waals surface area (Å²) < 4.78 is 0. The van der Waals surface area contributed by atoms with Crippen LogP contribution < -0.4 is 5.73 Å². The van der Waals surface area contributed by atoms with E-state index in [0.717, 1.165) is 0 Å². The number of carbonyl (C=O) groups is 1. The van der Waals surface area contributed by atoms with Gasteiger partial charge in [0.1, 0.15) is 6.61 Å². The Bertz CT molecular complexity index is 309. The first kappa shape index (κ1) is 8.55. The summed E-state index contributed by atoms with van der Waals surface area (Å²) >= 11 is 0. The fraction of sp³-hybridized carbons (Fsp3) is 0.125. The van der Waals surface area contributed by atoms with Crippen LogP contribution in [0, 0.1) is 0 Å². The monoisotopic (exact) mass is 166 g/mol. The molecule has 3 N–H and O–H groups in total. The SMILES string of the molecule is Nc1ccc(C[O])c(C(=O)O)c1. The minimum atomic E-state index is -1.12. The number of carboxylic acid groups (broad SMARTS) is 1. The lowest BCUT2D eigenvalue weighted by Gasteiger charge is -2.01. The molecule has 0 spiro atoms. The molecule has 1 aromatic carbocycles. The Hall–Kier alpha value is -1.55. The van der Waals surface area contributed by atoms with Crippen LogP contribution in [0.1, 0.15) is 15.9 Å². The second-order valence-corrected chi connectivity index (χ2v) is 2.37. The zero-order chi connectivity index (χ0) is 9.14. The van der Waals surface area contributed by atoms with E-state index in [0.29, 0.717) is 5.69 Å². The number of nitrogens with two attached hydrogens (primary N) is 1. The van der Waals surface area contributed by atoms with Crippen LogP contribution in [0.2, 0.25) is 0 Å². The third kappa shape index (κ3) is 1.54. The van der Waals surface area contributed by atoms with Crippen LogP contribution in [0.25, 0.3) is 0 Å². The third-order valence-corrected chi connectivity index (χ3v) is 1.52. The molecule has 0 aliphatic heterocycles. The maximum Gasteiger partial charge on any atom is 0.336 e. The summed E-state index contributed by atoms with van der Waals surface area (Å²) in [5.74, 6) is -1.12. The topological polar surface area (TPSA) is 83.2 Å². The fourth-order valence-corrected chi connectivity index (χ4v) is 0.919. The zero-order valence-corrected chi connectivity index (χ0v) is 6.28. The van der Waals surface area contributed by atoms with Crippen LogP contribution in [0.15, 0.2) is 18.2 Å². The lowest BCUT2D eigenvalue weighted by molar-refractivity contribution is 0.0690. The first-order valence-corrected chi connectivity index (χ1v) is 3.35. The molecular formula is C8H8NO3. The first-order valence-electron chi connectivity index (χ1n) is 3.35. The van der Waals surface area contributed by atoms with Crippen LogP contribution in [0.4, 0.5) is 5.69 Å². The molecule has 0 aliphatic rings. The van der Waals surface area contributed by atoms with Crippen LogP contribution in [-0.4, -0.2) is 11.1 Å². The normalized spacial score (nSPS) is 9.75. The van der Waals surface area contributed by atoms with Crippen LogP contribution in [-0.2, 0) is 11.7 Å². The zero-order valence-electron chi connectivity index (χ0n) is 6.28. The van der Waals surface area contributed by atoms with E-state index in [1.807, 2.05) is 0 Å². The van der Waals surface area contributed by atoms with Gasteiger partial charge in [-0.1, -0.05) is 6.07 Å². The van der Waals surface area contributed by atoms with Gasteiger partial charge in [-0.05, 0) is 17.7 Å². The van der Waals surface area contributed by atoms with E-state index in [1.165, 1.54) is 18.2 Å². The lowest BCUT2D eigenvalue weighted by Crippen LogP contribution is -2.03. The van der Waals surface area contributed by atoms with Crippen molar-refractivity contribution in [3.05, 3.63) is 29.3 Å². The van der Waals surface area contributed by atoms with Gasteiger partial charge in [0.05, 0.1) is 5.56 Å². The molecule has 0 fully saturated rings. The van der Waals surface area contributed by atoms with Crippen molar-refractivity contribution in [3.8, 4) is 0 Å². The number of aromatic carboxylic acids is 1. The molecular weight excluding hydrogens is 158 g/mol. The summed E-state index contributed by atoms with van der Waals surface area (Å²) in [6, 6.07) is 4.24. The highest BCUT2D eigenvalue weighted by Crippen LogP contribution is 2.13. The fourth-order valence-electron chi connectivity index (χ4n) is 0.919. The molecule has 0 aromatic heterocycles. The standard InChI is InChI=1S/C8H8NO3/c9-6-2-1-5(4-10)7(3-6)8(11)12/h1-3H,4,9H2,(H,11,12). The van der Waals surface area contributed by atoms with Crippen molar-refractivity contribution in [3.63, 3.8) is 0 Å². The van der Waals surface area contributed by atoms with Crippen molar-refractivity contribution in [1.29, 1.82) is 0 Å². The summed E-state index contributed by atoms with van der Waals surface area (Å²) in [6.07, 6.45) is 0. The second kappa shape index (κ2) is 3.23. The summed E-state index contributed by atoms with van der Waals surface area (Å²) in [7, 11) is 0. The third-order valence-electron chi connectivity index (χ3n) is 1.52. The van der Waals surface area contributed by atoms with Gasteiger partial charge in [-0.15, -0.1) is 0 Å². The molecule has 0 saturated carbocycles. The van der Waals surface area contributed by atoms with Gasteiger partial charge in [-0.25, -0.2) is 9.90 Å². The highest BCUT2D eigenvalue weighted by molar-refractivity contribution is 5.90. The minimum absolute atomic E-state index is 0.00926. The molecule has 4 nitrogen and oxygen atoms in total. The van der Waals surface area contributed by atoms with Gasteiger partial charge in [-0.2, -0.15) is 0 Å². The van der Waals surface area contributed by atoms with Crippen molar-refractivity contribution in [2.45, 2.75) is 6.61 Å². The van der Waals surface area contributed by atoms with Gasteiger partial charge in [0.25, 0.3) is 0 Å². The molecule has 12 heavy (non-hydrogen) atoms. The van der Waals surface area contributed by atoms with E-state index in [1.54, 1.807) is 0 Å². The molecule has 0 saturated heterocycles. The van der Waals surface area contributed by atoms with Gasteiger partial charge in [0.2, 0.25) is 0 Å². The number of anilines is 1. The van der Waals surface area contributed by atoms with Crippen molar-refractivity contribution in [2.75, 3.05) is 5.73 Å². The van der Waals surface area contributed by atoms with Crippen LogP contribution in [0.5, 0.6) is 0 Å². The predicted octanol–water partition coefficient (Wildman–Crippen LogP) is 0.898. The van der Waals surface area contributed by atoms with E-state index < -0.39 is 12.6 Å². The second-order valence-electron chi connectivity index (χ2n) is 2.37. The summed E-state index contributed by atoms with van der Waals surface area (Å²) in [5, 5.41) is 19.1. The van der Waals surface area contributed by atoms with Gasteiger partial charge < -0.3 is 10.8 Å². The van der Waals surface area contributed by atoms with Crippen LogP contribution in [0.3, 0.4) is 0 Å². The molecule has 0 unspecified atom stereocenters. The first-order chi connectivity index (χ1) is 5.65. The quantitative estimate of drug-likeness (QED) is 0.640. The van der Waals surface area contributed by atoms with Crippen LogP contribution >= 0.6 is 0 Å². The number of carboxylic acids is 1. The highest BCUT2D eigenvalue weighted by atomic mass is 16.4. The molecule has 4 heteroatoms. The van der Waals surface area contributed by atoms with E-state index in [4.69, 9.17) is 10.8 Å². The van der Waals surface area contributed by atoms with E-state index in [9.17, 15) is 9.90 Å². The van der Waals surface area contributed by atoms with E-state index in [2.05, 4.69) is 0 Å². The minimum Gasteiger partial charge on any atom is -0.478 e. The number of hydrogen-bond acceptors (Lipinski definition) is 2. The van der Waals surface area contributed by atoms with Crippen molar-refractivity contribution >= 4 is 11.7 Å². The number of nitrogen functional groups attached to an aromatic ring is 1.